The molecule has 0 radical (unpaired) electrons. The van der Waals surface area contributed by atoms with Crippen LogP contribution >= 0.6 is 0 Å². The summed E-state index contributed by atoms with van der Waals surface area (Å²) in [6.07, 6.45) is 1.05. The summed E-state index contributed by atoms with van der Waals surface area (Å²) in [6.45, 7) is 4.52. The van der Waals surface area contributed by atoms with Gasteiger partial charge in [0, 0.05) is 11.8 Å². The van der Waals surface area contributed by atoms with E-state index < -0.39 is 17.5 Å². The molecule has 0 aliphatic carbocycles. The third-order valence-corrected chi connectivity index (χ3v) is 4.50. The van der Waals surface area contributed by atoms with Crippen molar-refractivity contribution < 1.29 is 29.2 Å². The van der Waals surface area contributed by atoms with Crippen LogP contribution in [0, 0.1) is 11.2 Å². The summed E-state index contributed by atoms with van der Waals surface area (Å²) < 4.78 is 18.0. The molecule has 0 fully saturated rings. The maximum atomic E-state index is 12.5. The second kappa shape index (κ2) is 10.8. The van der Waals surface area contributed by atoms with Crippen LogP contribution in [0.3, 0.4) is 0 Å². The molecule has 0 saturated carbocycles. The first-order valence-corrected chi connectivity index (χ1v) is 9.68. The summed E-state index contributed by atoms with van der Waals surface area (Å²) in [5.74, 6) is -1.89. The van der Waals surface area contributed by atoms with Crippen LogP contribution in [0.1, 0.15) is 46.8 Å². The minimum atomic E-state index is -0.846. The van der Waals surface area contributed by atoms with E-state index >= 15 is 0 Å². The summed E-state index contributed by atoms with van der Waals surface area (Å²) in [5.41, 5.74) is 7.51. The van der Waals surface area contributed by atoms with E-state index in [-0.39, 0.29) is 29.4 Å². The fourth-order valence-corrected chi connectivity index (χ4v) is 2.67. The van der Waals surface area contributed by atoms with E-state index in [9.17, 15) is 19.4 Å². The molecular weight excluding hydrogens is 415 g/mol. The average molecular weight is 440 g/mol. The molecule has 3 rings (SSSR count). The van der Waals surface area contributed by atoms with Gasteiger partial charge in [-0.1, -0.05) is 38.1 Å². The molecule has 0 unspecified atom stereocenters. The number of amides is 1. The molecule has 6 N–H and O–H groups in total. The van der Waals surface area contributed by atoms with Crippen LogP contribution in [0.4, 0.5) is 4.39 Å². The van der Waals surface area contributed by atoms with Gasteiger partial charge in [0.05, 0.1) is 0 Å². The molecular formula is C24H25FN2O5. The van der Waals surface area contributed by atoms with Crippen LogP contribution in [0.25, 0.3) is 0 Å². The number of hydrogen-bond acceptors (Lipinski definition) is 6. The second-order valence-corrected chi connectivity index (χ2v) is 7.25. The Hall–Kier alpha value is -4.07. The molecule has 0 bridgehead atoms. The molecule has 0 aromatic heterocycles. The highest BCUT2D eigenvalue weighted by atomic mass is 19.1. The zero-order valence-electron chi connectivity index (χ0n) is 17.7. The van der Waals surface area contributed by atoms with E-state index in [0.717, 1.165) is 23.9 Å². The molecule has 8 heteroatoms. The highest BCUT2D eigenvalue weighted by Gasteiger charge is 2.11. The van der Waals surface area contributed by atoms with Gasteiger partial charge in [0.1, 0.15) is 6.61 Å². The topological polar surface area (TPSA) is 137 Å². The van der Waals surface area contributed by atoms with Gasteiger partial charge in [-0.15, -0.1) is 0 Å². The Morgan fingerprint density at radius 1 is 1.03 bits per heavy atom. The highest BCUT2D eigenvalue weighted by Crippen LogP contribution is 2.37. The number of nitrogens with two attached hydrogens (primary N) is 1. The Balaban J connectivity index is 0.000000278. The van der Waals surface area contributed by atoms with Crippen molar-refractivity contribution >= 4 is 12.1 Å². The van der Waals surface area contributed by atoms with Gasteiger partial charge in [0.2, 0.25) is 11.7 Å². The average Bonchev–Trinajstić information content (AvgIpc) is 2.75. The van der Waals surface area contributed by atoms with Crippen LogP contribution in [0.5, 0.6) is 23.0 Å². The molecule has 0 heterocycles. The van der Waals surface area contributed by atoms with Crippen LogP contribution in [-0.4, -0.2) is 27.4 Å². The molecule has 1 amide bonds. The lowest BCUT2D eigenvalue weighted by Crippen LogP contribution is -2.10. The van der Waals surface area contributed by atoms with E-state index in [1.165, 1.54) is 23.8 Å². The largest absolute Gasteiger partial charge is 0.505 e. The van der Waals surface area contributed by atoms with Gasteiger partial charge < -0.3 is 31.2 Å². The zero-order chi connectivity index (χ0) is 23.8. The minimum Gasteiger partial charge on any atom is -0.505 e. The maximum absolute atomic E-state index is 12.5. The first-order chi connectivity index (χ1) is 15.1. The van der Waals surface area contributed by atoms with E-state index in [4.69, 9.17) is 21.0 Å². The third kappa shape index (κ3) is 6.46. The van der Waals surface area contributed by atoms with Crippen molar-refractivity contribution in [2.45, 2.75) is 26.4 Å². The Labute approximate surface area is 185 Å². The van der Waals surface area contributed by atoms with E-state index in [0.29, 0.717) is 11.5 Å². The minimum absolute atomic E-state index is 0.0357. The number of hydrogen-bond donors (Lipinski definition) is 5. The van der Waals surface area contributed by atoms with Crippen molar-refractivity contribution in [3.63, 3.8) is 0 Å². The summed E-state index contributed by atoms with van der Waals surface area (Å²) in [5, 5.41) is 35.4. The van der Waals surface area contributed by atoms with E-state index in [1.807, 2.05) is 24.3 Å². The van der Waals surface area contributed by atoms with Gasteiger partial charge in [-0.3, -0.25) is 4.79 Å². The highest BCUT2D eigenvalue weighted by molar-refractivity contribution is 5.92. The number of phenols is 3. The molecule has 32 heavy (non-hydrogen) atoms. The third-order valence-electron chi connectivity index (χ3n) is 4.50. The van der Waals surface area contributed by atoms with Crippen LogP contribution in [-0.2, 0) is 6.61 Å². The van der Waals surface area contributed by atoms with Gasteiger partial charge in [0.25, 0.3) is 0 Å². The van der Waals surface area contributed by atoms with Gasteiger partial charge in [-0.25, -0.2) is 4.39 Å². The van der Waals surface area contributed by atoms with Gasteiger partial charge in [-0.05, 0) is 52.9 Å². The normalized spacial score (nSPS) is 10.2. The number of carbonyl (C=O) groups is 1. The van der Waals surface area contributed by atoms with Gasteiger partial charge >= 0.3 is 0 Å². The first kappa shape index (κ1) is 24.2. The smallest absolute Gasteiger partial charge is 0.248 e. The molecule has 7 nitrogen and oxygen atoms in total. The number of aromatic hydroxyl groups is 3. The number of carbonyl (C=O) groups excluding carboxylic acids is 1. The lowest BCUT2D eigenvalue weighted by atomic mass is 10.0. The summed E-state index contributed by atoms with van der Waals surface area (Å²) in [4.78, 5) is 10.4. The molecule has 3 aromatic carbocycles. The predicted molar refractivity (Wildman–Crippen MR) is 119 cm³/mol. The summed E-state index contributed by atoms with van der Waals surface area (Å²) in [7, 11) is 0. The Kier molecular flexibility index (Phi) is 8.17. The van der Waals surface area contributed by atoms with Crippen molar-refractivity contribution in [2.75, 3.05) is 0 Å². The molecule has 0 aliphatic rings. The summed E-state index contributed by atoms with van der Waals surface area (Å²) >= 11 is 0. The van der Waals surface area contributed by atoms with Crippen LogP contribution in [0.15, 0.2) is 54.6 Å². The Bertz CT molecular complexity index is 1080. The van der Waals surface area contributed by atoms with Crippen molar-refractivity contribution in [3.8, 4) is 23.0 Å². The van der Waals surface area contributed by atoms with Crippen LogP contribution in [0.2, 0.25) is 0 Å². The van der Waals surface area contributed by atoms with E-state index in [2.05, 4.69) is 13.8 Å². The second-order valence-electron chi connectivity index (χ2n) is 7.25. The fourth-order valence-electron chi connectivity index (χ4n) is 2.67. The molecule has 0 atom stereocenters. The van der Waals surface area contributed by atoms with Crippen LogP contribution < -0.4 is 10.5 Å². The van der Waals surface area contributed by atoms with Gasteiger partial charge in [-0.2, -0.15) is 0 Å². The van der Waals surface area contributed by atoms with Crippen molar-refractivity contribution in [3.05, 3.63) is 82.7 Å². The fraction of sp³-hybridized carbons (Fsp3) is 0.167. The lowest BCUT2D eigenvalue weighted by molar-refractivity contribution is 0.1000. The number of primary amides is 1. The quantitative estimate of drug-likeness (QED) is 0.361. The standard InChI is InChI=1S/C17H19NO3.C7H6FNO2/c1-11(2)14-5-3-12(4-6-14)10-21-17-15(19)7-13(9-18)8-16(17)20;8-5-3-4(7(9)11)1-2-6(5)10/h3-9,11,18-20H,10H2,1-2H3;1-3,10H,(H2,9,11). The van der Waals surface area contributed by atoms with Crippen molar-refractivity contribution in [2.24, 2.45) is 5.73 Å². The summed E-state index contributed by atoms with van der Waals surface area (Å²) in [6, 6.07) is 14.0. The monoisotopic (exact) mass is 440 g/mol. The maximum Gasteiger partial charge on any atom is 0.248 e. The van der Waals surface area contributed by atoms with Crippen molar-refractivity contribution in [1.29, 1.82) is 5.41 Å². The SMILES string of the molecule is CC(C)c1ccc(COc2c(O)cc(C=N)cc2O)cc1.NC(=O)c1ccc(O)c(F)c1. The number of rotatable bonds is 6. The van der Waals surface area contributed by atoms with Gasteiger partial charge in [0.15, 0.2) is 23.1 Å². The molecule has 0 aliphatic heterocycles. The molecule has 0 spiro atoms. The number of halogens is 1. The molecule has 3 aromatic rings. The number of ether oxygens (including phenoxy) is 1. The van der Waals surface area contributed by atoms with E-state index in [1.54, 1.807) is 0 Å². The number of nitrogens with one attached hydrogen (secondary N) is 1. The predicted octanol–water partition coefficient (Wildman–Crippen LogP) is 4.43. The molecule has 168 valence electrons. The number of benzene rings is 3. The first-order valence-electron chi connectivity index (χ1n) is 9.68. The Morgan fingerprint density at radius 3 is 2.09 bits per heavy atom. The molecule has 0 saturated heterocycles. The van der Waals surface area contributed by atoms with Crippen molar-refractivity contribution in [1.82, 2.24) is 0 Å². The Morgan fingerprint density at radius 2 is 1.62 bits per heavy atom. The zero-order valence-corrected chi connectivity index (χ0v) is 17.7. The number of phenolic OH excluding ortho intramolecular Hbond substituents is 3. The lowest BCUT2D eigenvalue weighted by Gasteiger charge is -2.11.